The standard InChI is InChI=1S/C20H19N3/c1-2-3-14-23(17-11-9-16(15-21)10-12-17)20-8-4-7-19-18(20)6-5-13-22-19/h4-13H,2-3,14H2,1H3. The van der Waals surface area contributed by atoms with E-state index in [1.807, 2.05) is 48.7 Å². The molecule has 0 fully saturated rings. The van der Waals surface area contributed by atoms with Crippen molar-refractivity contribution < 1.29 is 0 Å². The van der Waals surface area contributed by atoms with Gasteiger partial charge in [-0.25, -0.2) is 0 Å². The van der Waals surface area contributed by atoms with E-state index in [0.717, 1.165) is 41.7 Å². The molecule has 3 nitrogen and oxygen atoms in total. The molecule has 2 aromatic carbocycles. The van der Waals surface area contributed by atoms with Gasteiger partial charge in [0.15, 0.2) is 0 Å². The molecule has 0 spiro atoms. The molecule has 114 valence electrons. The number of nitrogens with zero attached hydrogens (tertiary/aromatic N) is 3. The lowest BCUT2D eigenvalue weighted by Crippen LogP contribution is -2.18. The molecule has 0 amide bonds. The van der Waals surface area contributed by atoms with Crippen LogP contribution in [-0.2, 0) is 0 Å². The van der Waals surface area contributed by atoms with Gasteiger partial charge in [0.1, 0.15) is 0 Å². The summed E-state index contributed by atoms with van der Waals surface area (Å²) in [6.45, 7) is 3.14. The molecule has 0 radical (unpaired) electrons. The van der Waals surface area contributed by atoms with Gasteiger partial charge in [-0.05, 0) is 55.0 Å². The van der Waals surface area contributed by atoms with Gasteiger partial charge < -0.3 is 4.90 Å². The molecule has 3 rings (SSSR count). The topological polar surface area (TPSA) is 39.9 Å². The lowest BCUT2D eigenvalue weighted by molar-refractivity contribution is 0.787. The van der Waals surface area contributed by atoms with Gasteiger partial charge in [0.05, 0.1) is 22.8 Å². The van der Waals surface area contributed by atoms with Crippen molar-refractivity contribution >= 4 is 22.3 Å². The second-order valence-electron chi connectivity index (χ2n) is 5.51. The van der Waals surface area contributed by atoms with Crippen LogP contribution in [-0.4, -0.2) is 11.5 Å². The first-order valence-corrected chi connectivity index (χ1v) is 7.95. The third kappa shape index (κ3) is 3.17. The summed E-state index contributed by atoms with van der Waals surface area (Å²) in [6.07, 6.45) is 4.07. The molecule has 3 aromatic rings. The maximum absolute atomic E-state index is 9.00. The van der Waals surface area contributed by atoms with Gasteiger partial charge in [0.25, 0.3) is 0 Å². The molecule has 1 heterocycles. The highest BCUT2D eigenvalue weighted by Crippen LogP contribution is 2.32. The van der Waals surface area contributed by atoms with Crippen LogP contribution in [0, 0.1) is 11.3 Å². The summed E-state index contributed by atoms with van der Waals surface area (Å²) in [7, 11) is 0. The SMILES string of the molecule is CCCCN(c1ccc(C#N)cc1)c1cccc2ncccc12. The Kier molecular flexibility index (Phi) is 4.54. The van der Waals surface area contributed by atoms with Crippen molar-refractivity contribution in [2.45, 2.75) is 19.8 Å². The zero-order valence-electron chi connectivity index (χ0n) is 13.2. The normalized spacial score (nSPS) is 10.4. The third-order valence-electron chi connectivity index (χ3n) is 3.96. The number of rotatable bonds is 5. The predicted octanol–water partition coefficient (Wildman–Crippen LogP) is 5.04. The molecule has 23 heavy (non-hydrogen) atoms. The van der Waals surface area contributed by atoms with Crippen LogP contribution >= 0.6 is 0 Å². The Bertz CT molecular complexity index is 826. The van der Waals surface area contributed by atoms with Gasteiger partial charge in [-0.2, -0.15) is 5.26 Å². The molecular weight excluding hydrogens is 282 g/mol. The van der Waals surface area contributed by atoms with Crippen molar-refractivity contribution in [3.63, 3.8) is 0 Å². The zero-order valence-corrected chi connectivity index (χ0v) is 13.2. The molecule has 1 aromatic heterocycles. The van der Waals surface area contributed by atoms with Crippen molar-refractivity contribution in [3.8, 4) is 6.07 Å². The van der Waals surface area contributed by atoms with Crippen LogP contribution in [0.5, 0.6) is 0 Å². The maximum Gasteiger partial charge on any atom is 0.0991 e. The minimum absolute atomic E-state index is 0.684. The van der Waals surface area contributed by atoms with Crippen LogP contribution in [0.1, 0.15) is 25.3 Å². The second-order valence-corrected chi connectivity index (χ2v) is 5.51. The first-order chi connectivity index (χ1) is 11.3. The summed E-state index contributed by atoms with van der Waals surface area (Å²) in [5, 5.41) is 10.1. The van der Waals surface area contributed by atoms with Crippen molar-refractivity contribution in [2.75, 3.05) is 11.4 Å². The van der Waals surface area contributed by atoms with Gasteiger partial charge in [0, 0.05) is 23.8 Å². The molecule has 0 aliphatic heterocycles. The fourth-order valence-electron chi connectivity index (χ4n) is 2.74. The number of aromatic nitrogens is 1. The van der Waals surface area contributed by atoms with Crippen LogP contribution in [0.4, 0.5) is 11.4 Å². The fraction of sp³-hybridized carbons (Fsp3) is 0.200. The first kappa shape index (κ1) is 15.1. The largest absolute Gasteiger partial charge is 0.341 e. The summed E-state index contributed by atoms with van der Waals surface area (Å²) in [5.41, 5.74) is 3.95. The zero-order chi connectivity index (χ0) is 16.1. The van der Waals surface area contributed by atoms with Crippen molar-refractivity contribution in [3.05, 3.63) is 66.4 Å². The molecule has 0 saturated heterocycles. The number of unbranched alkanes of at least 4 members (excludes halogenated alkanes) is 1. The van der Waals surface area contributed by atoms with Gasteiger partial charge in [-0.3, -0.25) is 4.98 Å². The van der Waals surface area contributed by atoms with E-state index >= 15 is 0 Å². The Morgan fingerprint density at radius 1 is 1.04 bits per heavy atom. The molecule has 3 heteroatoms. The highest BCUT2D eigenvalue weighted by Gasteiger charge is 2.12. The minimum Gasteiger partial charge on any atom is -0.341 e. The van der Waals surface area contributed by atoms with Crippen LogP contribution in [0.3, 0.4) is 0 Å². The summed E-state index contributed by atoms with van der Waals surface area (Å²) < 4.78 is 0. The minimum atomic E-state index is 0.684. The molecule has 0 atom stereocenters. The van der Waals surface area contributed by atoms with Gasteiger partial charge in [0.2, 0.25) is 0 Å². The molecule has 0 saturated carbocycles. The highest BCUT2D eigenvalue weighted by molar-refractivity contribution is 5.93. The molecule has 0 unspecified atom stereocenters. The molecular formula is C20H19N3. The molecule has 0 aliphatic rings. The monoisotopic (exact) mass is 301 g/mol. The molecule has 0 aliphatic carbocycles. The number of hydrogen-bond acceptors (Lipinski definition) is 3. The lowest BCUT2D eigenvalue weighted by atomic mass is 10.1. The van der Waals surface area contributed by atoms with E-state index in [-0.39, 0.29) is 0 Å². The highest BCUT2D eigenvalue weighted by atomic mass is 15.1. The Labute approximate surface area is 136 Å². The summed E-state index contributed by atoms with van der Waals surface area (Å²) >= 11 is 0. The summed E-state index contributed by atoms with van der Waals surface area (Å²) in [6, 6.07) is 20.3. The van der Waals surface area contributed by atoms with E-state index in [2.05, 4.69) is 35.0 Å². The summed E-state index contributed by atoms with van der Waals surface area (Å²) in [5.74, 6) is 0. The van der Waals surface area contributed by atoms with Crippen molar-refractivity contribution in [1.29, 1.82) is 5.26 Å². The second kappa shape index (κ2) is 6.93. The molecule has 0 bridgehead atoms. The van der Waals surface area contributed by atoms with Gasteiger partial charge in [-0.15, -0.1) is 0 Å². The Balaban J connectivity index is 2.08. The number of benzene rings is 2. The van der Waals surface area contributed by atoms with Crippen LogP contribution in [0.15, 0.2) is 60.8 Å². The van der Waals surface area contributed by atoms with Crippen LogP contribution in [0.2, 0.25) is 0 Å². The fourth-order valence-corrected chi connectivity index (χ4v) is 2.74. The van der Waals surface area contributed by atoms with Gasteiger partial charge >= 0.3 is 0 Å². The van der Waals surface area contributed by atoms with E-state index in [9.17, 15) is 0 Å². The Hall–Kier alpha value is -2.86. The number of anilines is 2. The number of pyridine rings is 1. The van der Waals surface area contributed by atoms with Crippen molar-refractivity contribution in [2.24, 2.45) is 0 Å². The van der Waals surface area contributed by atoms with Crippen LogP contribution in [0.25, 0.3) is 10.9 Å². The third-order valence-corrected chi connectivity index (χ3v) is 3.96. The Morgan fingerprint density at radius 2 is 1.87 bits per heavy atom. The average Bonchev–Trinajstić information content (AvgIpc) is 2.62. The maximum atomic E-state index is 9.00. The van der Waals surface area contributed by atoms with E-state index in [0.29, 0.717) is 5.56 Å². The Morgan fingerprint density at radius 3 is 2.61 bits per heavy atom. The lowest BCUT2D eigenvalue weighted by Gasteiger charge is -2.26. The molecule has 0 N–H and O–H groups in total. The first-order valence-electron chi connectivity index (χ1n) is 7.95. The van der Waals surface area contributed by atoms with Crippen molar-refractivity contribution in [1.82, 2.24) is 4.98 Å². The smallest absolute Gasteiger partial charge is 0.0991 e. The van der Waals surface area contributed by atoms with Gasteiger partial charge in [-0.1, -0.05) is 19.4 Å². The predicted molar refractivity (Wildman–Crippen MR) is 94.8 cm³/mol. The number of nitriles is 1. The van der Waals surface area contributed by atoms with E-state index < -0.39 is 0 Å². The van der Waals surface area contributed by atoms with E-state index in [4.69, 9.17) is 5.26 Å². The quantitative estimate of drug-likeness (QED) is 0.662. The van der Waals surface area contributed by atoms with Crippen LogP contribution < -0.4 is 4.90 Å². The average molecular weight is 301 g/mol. The van der Waals surface area contributed by atoms with E-state index in [1.54, 1.807) is 0 Å². The number of fused-ring (bicyclic) bond motifs is 1. The number of hydrogen-bond donors (Lipinski definition) is 0. The van der Waals surface area contributed by atoms with E-state index in [1.165, 1.54) is 0 Å². The summed E-state index contributed by atoms with van der Waals surface area (Å²) in [4.78, 5) is 6.77.